The zero-order valence-corrected chi connectivity index (χ0v) is 20.8. The van der Waals surface area contributed by atoms with Crippen LogP contribution in [0.15, 0.2) is 30.3 Å². The second-order valence-corrected chi connectivity index (χ2v) is 10.1. The molecule has 2 aliphatic heterocycles. The summed E-state index contributed by atoms with van der Waals surface area (Å²) in [6.45, 7) is 5.05. The molecule has 0 N–H and O–H groups in total. The summed E-state index contributed by atoms with van der Waals surface area (Å²) in [5, 5.41) is 13.1. The lowest BCUT2D eigenvalue weighted by Gasteiger charge is -2.28. The zero-order chi connectivity index (χ0) is 24.5. The first-order chi connectivity index (χ1) is 16.9. The molecule has 0 saturated carbocycles. The Labute approximate surface area is 211 Å². The number of aromatic nitrogens is 1. The van der Waals surface area contributed by atoms with Gasteiger partial charge in [0.2, 0.25) is 0 Å². The number of amides is 1. The van der Waals surface area contributed by atoms with Gasteiger partial charge in [-0.2, -0.15) is 0 Å². The number of nitro groups is 1. The minimum atomic E-state index is -0.435. The first kappa shape index (κ1) is 23.9. The molecule has 11 heteroatoms. The summed E-state index contributed by atoms with van der Waals surface area (Å²) in [6.07, 6.45) is 1.66. The average Bonchev–Trinajstić information content (AvgIpc) is 3.52. The molecule has 0 aliphatic carbocycles. The number of hydrogen-bond donors (Lipinski definition) is 0. The van der Waals surface area contributed by atoms with Crippen molar-refractivity contribution in [1.29, 1.82) is 0 Å². The maximum atomic E-state index is 13.8. The standard InChI is InChI=1S/C24H25ClN4O5S/c1-15-11-17(25)13-21-22(15)26-24(35-21)28(14-18-3-2-8-34-18)23(30)16-4-5-19(20(12-16)29(31)32)27-6-9-33-10-7-27/h4-5,11-13,18H,2-3,6-10,14H2,1H3. The van der Waals surface area contributed by atoms with Gasteiger partial charge in [-0.05, 0) is 49.6 Å². The molecule has 5 rings (SSSR count). The topological polar surface area (TPSA) is 98.0 Å². The number of benzene rings is 2. The fourth-order valence-corrected chi connectivity index (χ4v) is 5.96. The molecule has 2 aliphatic rings. The molecule has 1 aromatic heterocycles. The van der Waals surface area contributed by atoms with E-state index in [2.05, 4.69) is 0 Å². The Hall–Kier alpha value is -2.79. The van der Waals surface area contributed by atoms with Gasteiger partial charge in [0.1, 0.15) is 5.69 Å². The van der Waals surface area contributed by atoms with Crippen molar-refractivity contribution < 1.29 is 19.2 Å². The number of nitrogens with zero attached hydrogens (tertiary/aromatic N) is 4. The lowest BCUT2D eigenvalue weighted by atomic mass is 10.1. The van der Waals surface area contributed by atoms with Gasteiger partial charge in [-0.25, -0.2) is 4.98 Å². The number of rotatable bonds is 6. The van der Waals surface area contributed by atoms with Crippen LogP contribution in [-0.2, 0) is 9.47 Å². The quantitative estimate of drug-likeness (QED) is 0.342. The minimum Gasteiger partial charge on any atom is -0.378 e. The molecule has 0 radical (unpaired) electrons. The largest absolute Gasteiger partial charge is 0.378 e. The van der Waals surface area contributed by atoms with Crippen LogP contribution in [0.1, 0.15) is 28.8 Å². The summed E-state index contributed by atoms with van der Waals surface area (Å²) in [5.41, 5.74) is 2.34. The van der Waals surface area contributed by atoms with E-state index >= 15 is 0 Å². The number of carbonyl (C=O) groups is 1. The van der Waals surface area contributed by atoms with Crippen LogP contribution >= 0.6 is 22.9 Å². The van der Waals surface area contributed by atoms with Crippen molar-refractivity contribution in [1.82, 2.24) is 4.98 Å². The highest BCUT2D eigenvalue weighted by Crippen LogP contribution is 2.35. The zero-order valence-electron chi connectivity index (χ0n) is 19.2. The van der Waals surface area contributed by atoms with E-state index in [1.165, 1.54) is 17.4 Å². The lowest BCUT2D eigenvalue weighted by molar-refractivity contribution is -0.384. The summed E-state index contributed by atoms with van der Waals surface area (Å²) in [6, 6.07) is 8.35. The Kier molecular flexibility index (Phi) is 6.88. The molecule has 3 heterocycles. The molecule has 0 bridgehead atoms. The highest BCUT2D eigenvalue weighted by molar-refractivity contribution is 7.22. The van der Waals surface area contributed by atoms with Crippen LogP contribution in [0.3, 0.4) is 0 Å². The van der Waals surface area contributed by atoms with E-state index in [1.807, 2.05) is 24.0 Å². The van der Waals surface area contributed by atoms with E-state index in [9.17, 15) is 14.9 Å². The van der Waals surface area contributed by atoms with E-state index < -0.39 is 4.92 Å². The van der Waals surface area contributed by atoms with Crippen molar-refractivity contribution in [2.24, 2.45) is 0 Å². The fraction of sp³-hybridized carbons (Fsp3) is 0.417. The molecule has 1 atom stereocenters. The molecule has 3 aromatic rings. The van der Waals surface area contributed by atoms with Gasteiger partial charge in [0.15, 0.2) is 5.13 Å². The molecule has 2 aromatic carbocycles. The summed E-state index contributed by atoms with van der Waals surface area (Å²) in [7, 11) is 0. The number of hydrogen-bond acceptors (Lipinski definition) is 8. The maximum absolute atomic E-state index is 13.8. The molecule has 35 heavy (non-hydrogen) atoms. The number of morpholine rings is 1. The third kappa shape index (κ3) is 4.97. The number of aryl methyl sites for hydroxylation is 1. The van der Waals surface area contributed by atoms with Crippen LogP contribution in [0.2, 0.25) is 5.02 Å². The minimum absolute atomic E-state index is 0.0956. The van der Waals surface area contributed by atoms with Gasteiger partial charge in [-0.1, -0.05) is 22.9 Å². The monoisotopic (exact) mass is 516 g/mol. The number of anilines is 2. The van der Waals surface area contributed by atoms with Crippen LogP contribution in [0.25, 0.3) is 10.2 Å². The van der Waals surface area contributed by atoms with Crippen molar-refractivity contribution in [3.05, 3.63) is 56.6 Å². The predicted molar refractivity (Wildman–Crippen MR) is 136 cm³/mol. The molecule has 9 nitrogen and oxygen atoms in total. The maximum Gasteiger partial charge on any atom is 0.293 e. The van der Waals surface area contributed by atoms with Crippen LogP contribution in [0, 0.1) is 17.0 Å². The number of carbonyl (C=O) groups excluding carboxylic acids is 1. The number of nitro benzene ring substituents is 1. The second kappa shape index (κ2) is 10.1. The third-order valence-corrected chi connectivity index (χ3v) is 7.54. The molecule has 2 saturated heterocycles. The van der Waals surface area contributed by atoms with Gasteiger partial charge >= 0.3 is 0 Å². The summed E-state index contributed by atoms with van der Waals surface area (Å²) in [4.78, 5) is 33.5. The van der Waals surface area contributed by atoms with Crippen LogP contribution in [-0.4, -0.2) is 61.4 Å². The number of fused-ring (bicyclic) bond motifs is 1. The average molecular weight is 517 g/mol. The normalized spacial score (nSPS) is 18.2. The van der Waals surface area contributed by atoms with Crippen molar-refractivity contribution in [2.75, 3.05) is 49.3 Å². The Balaban J connectivity index is 1.52. The van der Waals surface area contributed by atoms with Gasteiger partial charge in [0.25, 0.3) is 11.6 Å². The first-order valence-corrected chi connectivity index (χ1v) is 12.7. The molecule has 2 fully saturated rings. The number of ether oxygens (including phenoxy) is 2. The van der Waals surface area contributed by atoms with Crippen molar-refractivity contribution in [3.8, 4) is 0 Å². The van der Waals surface area contributed by atoms with Crippen molar-refractivity contribution in [3.63, 3.8) is 0 Å². The van der Waals surface area contributed by atoms with E-state index in [0.29, 0.717) is 55.3 Å². The van der Waals surface area contributed by atoms with Gasteiger partial charge in [-0.15, -0.1) is 0 Å². The Morgan fingerprint density at radius 3 is 2.80 bits per heavy atom. The third-order valence-electron chi connectivity index (χ3n) is 6.30. The van der Waals surface area contributed by atoms with E-state index in [4.69, 9.17) is 26.1 Å². The van der Waals surface area contributed by atoms with Crippen LogP contribution in [0.4, 0.5) is 16.5 Å². The second-order valence-electron chi connectivity index (χ2n) is 8.68. The van der Waals surface area contributed by atoms with Gasteiger partial charge in [-0.3, -0.25) is 19.8 Å². The van der Waals surface area contributed by atoms with E-state index in [1.54, 1.807) is 17.0 Å². The summed E-state index contributed by atoms with van der Waals surface area (Å²) in [5.74, 6) is -0.347. The Bertz CT molecular complexity index is 1270. The Morgan fingerprint density at radius 1 is 1.29 bits per heavy atom. The molecule has 184 valence electrons. The van der Waals surface area contributed by atoms with E-state index in [0.717, 1.165) is 28.6 Å². The van der Waals surface area contributed by atoms with Crippen molar-refractivity contribution in [2.45, 2.75) is 25.9 Å². The lowest BCUT2D eigenvalue weighted by Crippen LogP contribution is -2.38. The predicted octanol–water partition coefficient (Wildman–Crippen LogP) is 4.83. The molecular formula is C24H25ClN4O5S. The first-order valence-electron chi connectivity index (χ1n) is 11.5. The number of halogens is 1. The summed E-state index contributed by atoms with van der Waals surface area (Å²) >= 11 is 7.61. The number of thiazole rings is 1. The highest BCUT2D eigenvalue weighted by Gasteiger charge is 2.30. The van der Waals surface area contributed by atoms with Crippen LogP contribution in [0.5, 0.6) is 0 Å². The molecule has 1 amide bonds. The SMILES string of the molecule is Cc1cc(Cl)cc2sc(N(CC3CCCO3)C(=O)c3ccc(N4CCOCC4)c([N+](=O)[O-])c3)nc12. The molecular weight excluding hydrogens is 492 g/mol. The Morgan fingerprint density at radius 2 is 2.09 bits per heavy atom. The van der Waals surface area contributed by atoms with Gasteiger partial charge < -0.3 is 14.4 Å². The van der Waals surface area contributed by atoms with Crippen LogP contribution < -0.4 is 9.80 Å². The fourth-order valence-electron chi connectivity index (χ4n) is 4.53. The van der Waals surface area contributed by atoms with Gasteiger partial charge in [0.05, 0.1) is 41.0 Å². The smallest absolute Gasteiger partial charge is 0.293 e. The molecule has 0 spiro atoms. The summed E-state index contributed by atoms with van der Waals surface area (Å²) < 4.78 is 12.1. The highest BCUT2D eigenvalue weighted by atomic mass is 35.5. The molecule has 1 unspecified atom stereocenters. The van der Waals surface area contributed by atoms with Gasteiger partial charge in [0, 0.05) is 36.3 Å². The van der Waals surface area contributed by atoms with E-state index in [-0.39, 0.29) is 23.3 Å². The van der Waals surface area contributed by atoms with Crippen molar-refractivity contribution >= 4 is 55.6 Å².